The number of carbonyl (C=O) groups excluding carboxylic acids is 4. The van der Waals surface area contributed by atoms with Crippen molar-refractivity contribution in [1.29, 1.82) is 0 Å². The minimum absolute atomic E-state index is 0.0105. The van der Waals surface area contributed by atoms with Gasteiger partial charge < -0.3 is 10.2 Å². The van der Waals surface area contributed by atoms with E-state index < -0.39 is 24.3 Å². The van der Waals surface area contributed by atoms with Crippen LogP contribution in [0.4, 0.5) is 13.2 Å². The van der Waals surface area contributed by atoms with Gasteiger partial charge in [-0.15, -0.1) is 0 Å². The molecule has 15 heteroatoms. The molecule has 1 aromatic heterocycles. The van der Waals surface area contributed by atoms with Crippen molar-refractivity contribution < 1.29 is 32.3 Å². The number of nitrogens with one attached hydrogen (secondary N) is 2. The number of benzene rings is 4. The molecule has 5 aromatic rings. The maximum absolute atomic E-state index is 15.4. The fraction of sp³-hybridized carbons (Fsp3) is 0.473. The van der Waals surface area contributed by atoms with Crippen molar-refractivity contribution >= 4 is 45.4 Å². The van der Waals surface area contributed by atoms with Crippen LogP contribution in [-0.4, -0.2) is 99.2 Å². The van der Waals surface area contributed by atoms with Crippen LogP contribution < -0.4 is 16.3 Å². The van der Waals surface area contributed by atoms with Gasteiger partial charge in [-0.2, -0.15) is 0 Å². The number of hydrogen-bond acceptors (Lipinski definition) is 7. The summed E-state index contributed by atoms with van der Waals surface area (Å²) in [5.74, 6) is 2.64. The van der Waals surface area contributed by atoms with Crippen LogP contribution in [0.3, 0.4) is 0 Å². The third-order valence-corrected chi connectivity index (χ3v) is 15.3. The molecule has 0 spiro atoms. The molecule has 4 aliphatic heterocycles. The van der Waals surface area contributed by atoms with Crippen LogP contribution in [0.15, 0.2) is 83.7 Å². The number of hydrogen-bond donors (Lipinski definition) is 2. The second-order valence-corrected chi connectivity index (χ2v) is 19.8. The average Bonchev–Trinajstić information content (AvgIpc) is 3.61. The second kappa shape index (κ2) is 21.0. The van der Waals surface area contributed by atoms with Gasteiger partial charge in [0.1, 0.15) is 11.9 Å². The highest BCUT2D eigenvalue weighted by Gasteiger charge is 2.36. The number of aryl methyl sites for hydroxylation is 1. The topological polar surface area (TPSA) is 129 Å². The summed E-state index contributed by atoms with van der Waals surface area (Å²) in [5.41, 5.74) is 4.88. The molecule has 0 aliphatic carbocycles. The van der Waals surface area contributed by atoms with E-state index in [9.17, 15) is 28.4 Å². The van der Waals surface area contributed by atoms with Crippen LogP contribution in [0.5, 0.6) is 0 Å². The Bertz CT molecular complexity index is 2900. The van der Waals surface area contributed by atoms with Gasteiger partial charge in [-0.1, -0.05) is 60.4 Å². The summed E-state index contributed by atoms with van der Waals surface area (Å²) in [6, 6.07) is 24.0. The van der Waals surface area contributed by atoms with E-state index in [-0.39, 0.29) is 78.8 Å². The number of amides is 4. The molecular formula is C55H62F3N7O5. The molecule has 12 nitrogen and oxygen atoms in total. The van der Waals surface area contributed by atoms with E-state index in [4.69, 9.17) is 0 Å². The minimum atomic E-state index is -3.00. The molecule has 0 bridgehead atoms. The van der Waals surface area contributed by atoms with Crippen LogP contribution in [0.1, 0.15) is 111 Å². The number of fused-ring (bicyclic) bond motifs is 2. The Labute approximate surface area is 406 Å². The molecule has 4 fully saturated rings. The molecule has 9 rings (SSSR count). The largest absolute Gasteiger partial charge is 0.352 e. The Morgan fingerprint density at radius 3 is 2.30 bits per heavy atom. The number of alkyl halides is 2. The molecule has 2 atom stereocenters. The van der Waals surface area contributed by atoms with Gasteiger partial charge in [0.15, 0.2) is 0 Å². The number of rotatable bonds is 12. The minimum Gasteiger partial charge on any atom is -0.352 e. The summed E-state index contributed by atoms with van der Waals surface area (Å²) in [6.45, 7) is 5.67. The first kappa shape index (κ1) is 48.8. The van der Waals surface area contributed by atoms with Crippen LogP contribution >= 0.6 is 0 Å². The first-order valence-electron chi connectivity index (χ1n) is 24.9. The summed E-state index contributed by atoms with van der Waals surface area (Å²) in [6.07, 6.45) is 3.92. The van der Waals surface area contributed by atoms with Crippen LogP contribution in [0, 0.1) is 29.5 Å². The molecule has 4 saturated heterocycles. The number of nitrogens with zero attached hydrogens (tertiary/aromatic N) is 5. The quantitative estimate of drug-likeness (QED) is 0.0975. The summed E-state index contributed by atoms with van der Waals surface area (Å²) in [4.78, 5) is 69.6. The van der Waals surface area contributed by atoms with Crippen LogP contribution in [0.25, 0.3) is 21.8 Å². The summed E-state index contributed by atoms with van der Waals surface area (Å²) in [5, 5.41) is 7.54. The normalized spacial score (nSPS) is 19.8. The lowest BCUT2D eigenvalue weighted by atomic mass is 9.89. The smallest absolute Gasteiger partial charge is 0.329 e. The number of piperidine rings is 4. The Kier molecular flexibility index (Phi) is 14.6. The van der Waals surface area contributed by atoms with Crippen molar-refractivity contribution in [3.8, 4) is 11.8 Å². The molecule has 2 N–H and O–H groups in total. The molecule has 5 heterocycles. The second-order valence-electron chi connectivity index (χ2n) is 19.8. The maximum Gasteiger partial charge on any atom is 0.329 e. The average molecular weight is 958 g/mol. The summed E-state index contributed by atoms with van der Waals surface area (Å²) in [7, 11) is 1.66. The number of imidazole rings is 1. The molecule has 4 amide bonds. The third kappa shape index (κ3) is 10.9. The lowest BCUT2D eigenvalue weighted by Crippen LogP contribution is -2.44. The van der Waals surface area contributed by atoms with E-state index in [0.29, 0.717) is 69.4 Å². The van der Waals surface area contributed by atoms with E-state index in [1.807, 2.05) is 30.3 Å². The molecule has 0 saturated carbocycles. The zero-order valence-electron chi connectivity index (χ0n) is 40.0. The number of carbonyl (C=O) groups is 4. The van der Waals surface area contributed by atoms with Gasteiger partial charge >= 0.3 is 5.69 Å². The predicted octanol–water partition coefficient (Wildman–Crippen LogP) is 7.58. The Hall–Kier alpha value is -6.24. The third-order valence-electron chi connectivity index (χ3n) is 15.3. The van der Waals surface area contributed by atoms with Gasteiger partial charge in [0, 0.05) is 69.4 Å². The Balaban J connectivity index is 0.719. The van der Waals surface area contributed by atoms with Gasteiger partial charge in [0.05, 0.1) is 17.6 Å². The maximum atomic E-state index is 15.4. The van der Waals surface area contributed by atoms with Gasteiger partial charge in [0.25, 0.3) is 5.92 Å². The lowest BCUT2D eigenvalue weighted by Gasteiger charge is -2.36. The zero-order chi connectivity index (χ0) is 49.1. The standard InChI is InChI=1S/C55H62F3N7O5/c1-36(63-28-23-41(24-29-63)52(68)59-34-38-6-5-7-43(56)32-38)44-14-12-40(45-8-3-4-9-46(44)45)11-10-37-19-26-62(27-20-37)35-55(57,58)25-18-51(67)64-30-21-39(22-31-64)42-13-15-47-49(33-42)61(2)54(70)65(47)48-16-17-50(66)60-53(48)69/h3-9,12-15,32-33,36-37,39,41,48H,16-31,34-35H2,1-2H3,(H,59,68)(H,60,66,69). The van der Waals surface area contributed by atoms with Crippen molar-refractivity contribution in [3.05, 3.63) is 117 Å². The first-order valence-corrected chi connectivity index (χ1v) is 24.9. The Morgan fingerprint density at radius 2 is 1.57 bits per heavy atom. The number of aromatic nitrogens is 2. The van der Waals surface area contributed by atoms with E-state index in [1.165, 1.54) is 26.8 Å². The molecule has 2 unspecified atom stereocenters. The van der Waals surface area contributed by atoms with E-state index in [0.717, 1.165) is 53.4 Å². The highest BCUT2D eigenvalue weighted by molar-refractivity contribution is 6.00. The number of halogens is 3. The van der Waals surface area contributed by atoms with Crippen molar-refractivity contribution in [3.63, 3.8) is 0 Å². The van der Waals surface area contributed by atoms with Crippen molar-refractivity contribution in [1.82, 2.24) is 34.5 Å². The summed E-state index contributed by atoms with van der Waals surface area (Å²) >= 11 is 0. The van der Waals surface area contributed by atoms with E-state index in [1.54, 1.807) is 29.0 Å². The van der Waals surface area contributed by atoms with Gasteiger partial charge in [-0.3, -0.25) is 43.4 Å². The first-order chi connectivity index (χ1) is 33.7. The van der Waals surface area contributed by atoms with Crippen LogP contribution in [0.2, 0.25) is 0 Å². The van der Waals surface area contributed by atoms with Gasteiger partial charge in [-0.25, -0.2) is 18.0 Å². The predicted molar refractivity (Wildman–Crippen MR) is 262 cm³/mol. The highest BCUT2D eigenvalue weighted by atomic mass is 19.3. The monoisotopic (exact) mass is 957 g/mol. The lowest BCUT2D eigenvalue weighted by molar-refractivity contribution is -0.136. The molecule has 70 heavy (non-hydrogen) atoms. The van der Waals surface area contributed by atoms with Crippen LogP contribution in [-0.2, 0) is 32.8 Å². The van der Waals surface area contributed by atoms with Crippen molar-refractivity contribution in [2.45, 2.75) is 102 Å². The van der Waals surface area contributed by atoms with E-state index >= 15 is 8.78 Å². The SMILES string of the molecule is CC(c1ccc(C#CC2CCN(CC(F)(F)CCC(=O)N3CCC(c4ccc5c(c4)n(C)c(=O)n5C4CCC(=O)NC4=O)CC3)CC2)c2ccccc12)N1CCC(C(=O)NCc2cccc(F)c2)CC1. The summed E-state index contributed by atoms with van der Waals surface area (Å²) < 4.78 is 47.4. The van der Waals surface area contributed by atoms with Crippen molar-refractivity contribution in [2.24, 2.45) is 18.9 Å². The van der Waals surface area contributed by atoms with Crippen molar-refractivity contribution in [2.75, 3.05) is 45.8 Å². The van der Waals surface area contributed by atoms with Gasteiger partial charge in [-0.05, 0) is 142 Å². The molecule has 368 valence electrons. The van der Waals surface area contributed by atoms with E-state index in [2.05, 4.69) is 58.6 Å². The highest BCUT2D eigenvalue weighted by Crippen LogP contribution is 2.35. The fourth-order valence-electron chi connectivity index (χ4n) is 11.1. The number of imide groups is 1. The molecule has 4 aliphatic rings. The zero-order valence-corrected chi connectivity index (χ0v) is 40.0. The molecule has 0 radical (unpaired) electrons. The van der Waals surface area contributed by atoms with Gasteiger partial charge in [0.2, 0.25) is 23.6 Å². The molecule has 4 aromatic carbocycles. The number of likely N-dealkylation sites (tertiary alicyclic amines) is 3. The Morgan fingerprint density at radius 1 is 0.829 bits per heavy atom. The fourth-order valence-corrected chi connectivity index (χ4v) is 11.1. The molecular weight excluding hydrogens is 896 g/mol.